The Morgan fingerprint density at radius 3 is 2.93 bits per heavy atom. The van der Waals surface area contributed by atoms with Gasteiger partial charge in [-0.1, -0.05) is 0 Å². The van der Waals surface area contributed by atoms with Gasteiger partial charge in [0.25, 0.3) is 0 Å². The van der Waals surface area contributed by atoms with Crippen LogP contribution in [0.5, 0.6) is 0 Å². The molecule has 0 atom stereocenters. The number of hydrogen-bond acceptors (Lipinski definition) is 4. The normalized spacial score (nSPS) is 10.9. The highest BCUT2D eigenvalue weighted by Gasteiger charge is 2.14. The van der Waals surface area contributed by atoms with E-state index in [0.717, 1.165) is 10.7 Å². The number of esters is 1. The lowest BCUT2D eigenvalue weighted by atomic mass is 10.4. The number of imidazole rings is 1. The number of aromatic nitrogens is 2. The van der Waals surface area contributed by atoms with E-state index in [1.807, 2.05) is 18.2 Å². The number of carbonyl (C=O) groups is 1. The molecule has 0 aliphatic heterocycles. The number of fused-ring (bicyclic) bond motifs is 1. The Bertz CT molecular complexity index is 513. The third-order valence-corrected chi connectivity index (χ3v) is 3.35. The van der Waals surface area contributed by atoms with Gasteiger partial charge in [-0.25, -0.2) is 9.78 Å². The first-order valence-corrected chi connectivity index (χ1v) is 5.57. The van der Waals surface area contributed by atoms with E-state index in [4.69, 9.17) is 4.74 Å². The van der Waals surface area contributed by atoms with Gasteiger partial charge in [-0.2, -0.15) is 0 Å². The number of rotatable bonds is 2. The molecule has 2 rings (SSSR count). The highest BCUT2D eigenvalue weighted by molar-refractivity contribution is 7.17. The first-order chi connectivity index (χ1) is 7.13. The Hall–Kier alpha value is -1.36. The van der Waals surface area contributed by atoms with E-state index >= 15 is 0 Å². The van der Waals surface area contributed by atoms with E-state index in [9.17, 15) is 4.79 Å². The van der Waals surface area contributed by atoms with E-state index in [0.29, 0.717) is 12.3 Å². The zero-order chi connectivity index (χ0) is 11.0. The summed E-state index contributed by atoms with van der Waals surface area (Å²) < 4.78 is 6.81. The molecule has 4 nitrogen and oxygen atoms in total. The Morgan fingerprint density at radius 2 is 2.33 bits per heavy atom. The van der Waals surface area contributed by atoms with Crippen LogP contribution in [0.1, 0.15) is 28.0 Å². The molecule has 80 valence electrons. The predicted molar refractivity (Wildman–Crippen MR) is 58.5 cm³/mol. The van der Waals surface area contributed by atoms with E-state index in [1.54, 1.807) is 24.5 Å². The molecule has 5 heteroatoms. The van der Waals surface area contributed by atoms with Crippen LogP contribution in [0.2, 0.25) is 0 Å². The highest BCUT2D eigenvalue weighted by atomic mass is 32.1. The van der Waals surface area contributed by atoms with Crippen molar-refractivity contribution >= 4 is 22.3 Å². The van der Waals surface area contributed by atoms with Gasteiger partial charge in [-0.3, -0.25) is 4.40 Å². The standard InChI is InChI=1S/C10H12N2O2S/c1-4-14-9(13)8-5-12-6(2)7(3)15-10(12)11-8/h5H,4H2,1-3H3. The minimum Gasteiger partial charge on any atom is -0.461 e. The van der Waals surface area contributed by atoms with Gasteiger partial charge in [0.05, 0.1) is 6.61 Å². The largest absolute Gasteiger partial charge is 0.461 e. The van der Waals surface area contributed by atoms with Gasteiger partial charge in [-0.15, -0.1) is 11.3 Å². The van der Waals surface area contributed by atoms with Crippen LogP contribution in [0.3, 0.4) is 0 Å². The maximum absolute atomic E-state index is 11.4. The van der Waals surface area contributed by atoms with Gasteiger partial charge in [0.1, 0.15) is 0 Å². The molecule has 2 heterocycles. The summed E-state index contributed by atoms with van der Waals surface area (Å²) in [4.78, 5) is 17.7. The van der Waals surface area contributed by atoms with Crippen molar-refractivity contribution in [3.63, 3.8) is 0 Å². The molecular weight excluding hydrogens is 212 g/mol. The van der Waals surface area contributed by atoms with Crippen molar-refractivity contribution in [2.75, 3.05) is 6.61 Å². The van der Waals surface area contributed by atoms with Crippen LogP contribution < -0.4 is 0 Å². The SMILES string of the molecule is CCOC(=O)c1cn2c(C)c(C)sc2n1. The zero-order valence-corrected chi connectivity index (χ0v) is 9.72. The lowest BCUT2D eigenvalue weighted by Crippen LogP contribution is -2.04. The number of thiazole rings is 1. The lowest BCUT2D eigenvalue weighted by molar-refractivity contribution is 0.0520. The summed E-state index contributed by atoms with van der Waals surface area (Å²) in [6, 6.07) is 0. The molecule has 0 saturated carbocycles. The Morgan fingerprint density at radius 1 is 1.60 bits per heavy atom. The molecule has 0 N–H and O–H groups in total. The summed E-state index contributed by atoms with van der Waals surface area (Å²) in [5.74, 6) is -0.356. The molecule has 0 amide bonds. The quantitative estimate of drug-likeness (QED) is 0.734. The molecular formula is C10H12N2O2S. The molecule has 0 spiro atoms. The fourth-order valence-electron chi connectivity index (χ4n) is 1.36. The van der Waals surface area contributed by atoms with Gasteiger partial charge in [0, 0.05) is 16.8 Å². The monoisotopic (exact) mass is 224 g/mol. The summed E-state index contributed by atoms with van der Waals surface area (Å²) in [7, 11) is 0. The fraction of sp³-hybridized carbons (Fsp3) is 0.400. The van der Waals surface area contributed by atoms with Crippen molar-refractivity contribution in [2.45, 2.75) is 20.8 Å². The molecule has 15 heavy (non-hydrogen) atoms. The number of aryl methyl sites for hydroxylation is 2. The van der Waals surface area contributed by atoms with Crippen molar-refractivity contribution < 1.29 is 9.53 Å². The summed E-state index contributed by atoms with van der Waals surface area (Å²) in [5.41, 5.74) is 1.50. The summed E-state index contributed by atoms with van der Waals surface area (Å²) in [5, 5.41) is 0. The van der Waals surface area contributed by atoms with Crippen molar-refractivity contribution in [3.05, 3.63) is 22.5 Å². The summed E-state index contributed by atoms with van der Waals surface area (Å²) in [6.07, 6.45) is 1.73. The number of hydrogen-bond donors (Lipinski definition) is 0. The Balaban J connectivity index is 2.44. The number of nitrogens with zero attached hydrogens (tertiary/aromatic N) is 2. The Labute approximate surface area is 91.5 Å². The molecule has 0 aliphatic rings. The van der Waals surface area contributed by atoms with Crippen LogP contribution in [0.25, 0.3) is 4.96 Å². The number of ether oxygens (including phenoxy) is 1. The molecule has 0 aliphatic carbocycles. The second-order valence-corrected chi connectivity index (χ2v) is 4.42. The van der Waals surface area contributed by atoms with Gasteiger partial charge in [0.2, 0.25) is 0 Å². The van der Waals surface area contributed by atoms with E-state index in [1.165, 1.54) is 4.88 Å². The Kier molecular flexibility index (Phi) is 2.48. The molecule has 0 radical (unpaired) electrons. The first-order valence-electron chi connectivity index (χ1n) is 4.75. The second kappa shape index (κ2) is 3.66. The van der Waals surface area contributed by atoms with E-state index in [-0.39, 0.29) is 5.97 Å². The van der Waals surface area contributed by atoms with Crippen LogP contribution in [0, 0.1) is 13.8 Å². The van der Waals surface area contributed by atoms with E-state index < -0.39 is 0 Å². The fourth-order valence-corrected chi connectivity index (χ4v) is 2.31. The van der Waals surface area contributed by atoms with Crippen molar-refractivity contribution in [1.82, 2.24) is 9.38 Å². The predicted octanol–water partition coefficient (Wildman–Crippen LogP) is 2.19. The molecule has 0 unspecified atom stereocenters. The average Bonchev–Trinajstić information content (AvgIpc) is 2.70. The number of carbonyl (C=O) groups excluding carboxylic acids is 1. The average molecular weight is 224 g/mol. The minimum atomic E-state index is -0.356. The highest BCUT2D eigenvalue weighted by Crippen LogP contribution is 2.21. The van der Waals surface area contributed by atoms with E-state index in [2.05, 4.69) is 4.98 Å². The lowest BCUT2D eigenvalue weighted by Gasteiger charge is -1.95. The smallest absolute Gasteiger partial charge is 0.358 e. The first kappa shape index (κ1) is 10.2. The molecule has 0 bridgehead atoms. The summed E-state index contributed by atoms with van der Waals surface area (Å²) >= 11 is 1.58. The molecule has 2 aromatic rings. The van der Waals surface area contributed by atoms with Gasteiger partial charge >= 0.3 is 5.97 Å². The zero-order valence-electron chi connectivity index (χ0n) is 8.90. The van der Waals surface area contributed by atoms with Crippen molar-refractivity contribution in [3.8, 4) is 0 Å². The van der Waals surface area contributed by atoms with Crippen LogP contribution in [0.15, 0.2) is 6.20 Å². The summed E-state index contributed by atoms with van der Waals surface area (Å²) in [6.45, 7) is 6.21. The molecule has 0 aromatic carbocycles. The van der Waals surface area contributed by atoms with Gasteiger partial charge in [-0.05, 0) is 20.8 Å². The topological polar surface area (TPSA) is 43.6 Å². The second-order valence-electron chi connectivity index (χ2n) is 3.24. The molecule has 2 aromatic heterocycles. The maximum atomic E-state index is 11.4. The van der Waals surface area contributed by atoms with Crippen LogP contribution >= 0.6 is 11.3 Å². The van der Waals surface area contributed by atoms with Gasteiger partial charge < -0.3 is 4.74 Å². The molecule has 0 saturated heterocycles. The third-order valence-electron chi connectivity index (χ3n) is 2.27. The van der Waals surface area contributed by atoms with Gasteiger partial charge in [0.15, 0.2) is 10.7 Å². The molecule has 0 fully saturated rings. The van der Waals surface area contributed by atoms with Crippen molar-refractivity contribution in [1.29, 1.82) is 0 Å². The van der Waals surface area contributed by atoms with Crippen LogP contribution in [0.4, 0.5) is 0 Å². The maximum Gasteiger partial charge on any atom is 0.358 e. The minimum absolute atomic E-state index is 0.356. The third kappa shape index (κ3) is 1.63. The van der Waals surface area contributed by atoms with Crippen LogP contribution in [-0.2, 0) is 4.74 Å². The van der Waals surface area contributed by atoms with Crippen molar-refractivity contribution in [2.24, 2.45) is 0 Å². The van der Waals surface area contributed by atoms with Crippen LogP contribution in [-0.4, -0.2) is 22.0 Å².